The molecule has 14 heavy (non-hydrogen) atoms. The van der Waals surface area contributed by atoms with Crippen LogP contribution in [0.3, 0.4) is 0 Å². The number of oxime groups is 2. The molecule has 0 radical (unpaired) electrons. The monoisotopic (exact) mass is 196 g/mol. The summed E-state index contributed by atoms with van der Waals surface area (Å²) in [5, 5.41) is 22.8. The van der Waals surface area contributed by atoms with Gasteiger partial charge in [-0.05, 0) is 19.1 Å². The first kappa shape index (κ1) is 10.2. The highest BCUT2D eigenvalue weighted by Crippen LogP contribution is 2.08. The molecule has 0 saturated heterocycles. The van der Waals surface area contributed by atoms with Crippen molar-refractivity contribution in [1.82, 2.24) is 0 Å². The van der Waals surface area contributed by atoms with Crippen molar-refractivity contribution in [2.75, 3.05) is 0 Å². The van der Waals surface area contributed by atoms with Crippen molar-refractivity contribution < 1.29 is 14.8 Å². The van der Waals surface area contributed by atoms with Gasteiger partial charge in [0.25, 0.3) is 0 Å². The van der Waals surface area contributed by atoms with Gasteiger partial charge in [0.05, 0.1) is 0 Å². The SMILES string of the molecule is CC(=N\O)/C(=N\O)c1ccccc1F. The van der Waals surface area contributed by atoms with Crippen LogP contribution in [0.25, 0.3) is 0 Å². The molecule has 1 aromatic rings. The van der Waals surface area contributed by atoms with Crippen molar-refractivity contribution in [3.8, 4) is 0 Å². The van der Waals surface area contributed by atoms with E-state index in [0.29, 0.717) is 0 Å². The smallest absolute Gasteiger partial charge is 0.137 e. The number of rotatable bonds is 2. The first-order chi connectivity index (χ1) is 6.70. The lowest BCUT2D eigenvalue weighted by molar-refractivity contribution is 0.314. The Hall–Kier alpha value is -1.91. The molecule has 0 bridgehead atoms. The molecule has 0 aliphatic rings. The maximum absolute atomic E-state index is 13.2. The standard InChI is InChI=1S/C9H9FN2O2/c1-6(11-13)9(12-14)7-4-2-3-5-8(7)10/h2-5,13-14H,1H3/b11-6+,12-9+. The Labute approximate surface area is 80.0 Å². The van der Waals surface area contributed by atoms with Gasteiger partial charge in [-0.25, -0.2) is 4.39 Å². The maximum atomic E-state index is 13.2. The lowest BCUT2D eigenvalue weighted by atomic mass is 10.1. The summed E-state index contributed by atoms with van der Waals surface area (Å²) in [5.41, 5.74) is 0.0356. The van der Waals surface area contributed by atoms with Crippen LogP contribution in [-0.4, -0.2) is 21.8 Å². The second-order valence-electron chi connectivity index (χ2n) is 2.61. The van der Waals surface area contributed by atoms with E-state index in [1.807, 2.05) is 0 Å². The largest absolute Gasteiger partial charge is 0.411 e. The Morgan fingerprint density at radius 2 is 1.86 bits per heavy atom. The molecule has 4 nitrogen and oxygen atoms in total. The van der Waals surface area contributed by atoms with Crippen LogP contribution in [-0.2, 0) is 0 Å². The normalized spacial score (nSPS) is 13.0. The molecular weight excluding hydrogens is 187 g/mol. The fraction of sp³-hybridized carbons (Fsp3) is 0.111. The van der Waals surface area contributed by atoms with Gasteiger partial charge in [0, 0.05) is 5.56 Å². The van der Waals surface area contributed by atoms with Crippen LogP contribution in [0.15, 0.2) is 34.6 Å². The van der Waals surface area contributed by atoms with Crippen LogP contribution in [0.1, 0.15) is 12.5 Å². The van der Waals surface area contributed by atoms with Crippen molar-refractivity contribution in [3.63, 3.8) is 0 Å². The Morgan fingerprint density at radius 3 is 2.36 bits per heavy atom. The van der Waals surface area contributed by atoms with Crippen molar-refractivity contribution in [1.29, 1.82) is 0 Å². The van der Waals surface area contributed by atoms with Gasteiger partial charge in [-0.1, -0.05) is 22.4 Å². The van der Waals surface area contributed by atoms with Crippen LogP contribution in [0.4, 0.5) is 4.39 Å². The molecule has 0 heterocycles. The predicted octanol–water partition coefficient (Wildman–Crippen LogP) is 1.85. The summed E-state index contributed by atoms with van der Waals surface area (Å²) < 4.78 is 13.2. The first-order valence-electron chi connectivity index (χ1n) is 3.86. The van der Waals surface area contributed by atoms with Gasteiger partial charge in [-0.2, -0.15) is 0 Å². The average Bonchev–Trinajstić information content (AvgIpc) is 2.21. The van der Waals surface area contributed by atoms with Crippen LogP contribution >= 0.6 is 0 Å². The zero-order chi connectivity index (χ0) is 10.6. The zero-order valence-corrected chi connectivity index (χ0v) is 7.48. The van der Waals surface area contributed by atoms with Gasteiger partial charge < -0.3 is 10.4 Å². The number of halogens is 1. The van der Waals surface area contributed by atoms with Crippen LogP contribution in [0.2, 0.25) is 0 Å². The van der Waals surface area contributed by atoms with E-state index in [1.165, 1.54) is 25.1 Å². The molecule has 0 atom stereocenters. The van der Waals surface area contributed by atoms with E-state index >= 15 is 0 Å². The Bertz CT molecular complexity index is 388. The summed E-state index contributed by atoms with van der Waals surface area (Å²) in [6, 6.07) is 5.76. The summed E-state index contributed by atoms with van der Waals surface area (Å²) in [6.45, 7) is 1.40. The van der Waals surface area contributed by atoms with Crippen LogP contribution in [0.5, 0.6) is 0 Å². The van der Waals surface area contributed by atoms with E-state index in [-0.39, 0.29) is 17.0 Å². The molecule has 5 heteroatoms. The third kappa shape index (κ3) is 1.87. The van der Waals surface area contributed by atoms with E-state index in [4.69, 9.17) is 10.4 Å². The molecule has 1 rings (SSSR count). The molecule has 74 valence electrons. The van der Waals surface area contributed by atoms with Crippen molar-refractivity contribution in [3.05, 3.63) is 35.6 Å². The molecule has 1 aromatic carbocycles. The molecular formula is C9H9FN2O2. The third-order valence-electron chi connectivity index (χ3n) is 1.72. The minimum atomic E-state index is -0.539. The topological polar surface area (TPSA) is 65.2 Å². The maximum Gasteiger partial charge on any atom is 0.137 e. The van der Waals surface area contributed by atoms with E-state index in [2.05, 4.69) is 10.3 Å². The molecule has 0 saturated carbocycles. The van der Waals surface area contributed by atoms with Crippen molar-refractivity contribution in [2.45, 2.75) is 6.92 Å². The minimum absolute atomic E-state index is 0.0394. The summed E-state index contributed by atoms with van der Waals surface area (Å²) in [4.78, 5) is 0. The molecule has 0 aliphatic carbocycles. The molecule has 2 N–H and O–H groups in total. The van der Waals surface area contributed by atoms with E-state index < -0.39 is 5.82 Å². The van der Waals surface area contributed by atoms with Crippen molar-refractivity contribution in [2.24, 2.45) is 10.3 Å². The third-order valence-corrected chi connectivity index (χ3v) is 1.72. The van der Waals surface area contributed by atoms with Gasteiger partial charge in [0.15, 0.2) is 0 Å². The fourth-order valence-corrected chi connectivity index (χ4v) is 1.02. The first-order valence-corrected chi connectivity index (χ1v) is 3.86. The number of hydrogen-bond donors (Lipinski definition) is 2. The molecule has 0 unspecified atom stereocenters. The van der Waals surface area contributed by atoms with Crippen LogP contribution < -0.4 is 0 Å². The summed E-state index contributed by atoms with van der Waals surface area (Å²) in [6.07, 6.45) is 0. The molecule has 0 amide bonds. The van der Waals surface area contributed by atoms with Gasteiger partial charge >= 0.3 is 0 Å². The highest BCUT2D eigenvalue weighted by molar-refractivity contribution is 6.47. The van der Waals surface area contributed by atoms with Gasteiger partial charge in [-0.3, -0.25) is 0 Å². The quantitative estimate of drug-likeness (QED) is 0.430. The number of hydrogen-bond acceptors (Lipinski definition) is 4. The Kier molecular flexibility index (Phi) is 3.17. The van der Waals surface area contributed by atoms with Crippen molar-refractivity contribution >= 4 is 11.4 Å². The van der Waals surface area contributed by atoms with Gasteiger partial charge in [0.2, 0.25) is 0 Å². The summed E-state index contributed by atoms with van der Waals surface area (Å²) >= 11 is 0. The highest BCUT2D eigenvalue weighted by Gasteiger charge is 2.12. The number of nitrogens with zero attached hydrogens (tertiary/aromatic N) is 2. The second-order valence-corrected chi connectivity index (χ2v) is 2.61. The fourth-order valence-electron chi connectivity index (χ4n) is 1.02. The number of benzene rings is 1. The zero-order valence-electron chi connectivity index (χ0n) is 7.48. The van der Waals surface area contributed by atoms with Crippen LogP contribution in [0, 0.1) is 5.82 Å². The Morgan fingerprint density at radius 1 is 1.21 bits per heavy atom. The summed E-state index contributed by atoms with van der Waals surface area (Å²) in [5.74, 6) is -0.539. The summed E-state index contributed by atoms with van der Waals surface area (Å²) in [7, 11) is 0. The molecule has 0 aliphatic heterocycles. The van der Waals surface area contributed by atoms with E-state index in [9.17, 15) is 4.39 Å². The second kappa shape index (κ2) is 4.36. The molecule has 0 fully saturated rings. The van der Waals surface area contributed by atoms with Gasteiger partial charge in [-0.15, -0.1) is 0 Å². The average molecular weight is 196 g/mol. The highest BCUT2D eigenvalue weighted by atomic mass is 19.1. The Balaban J connectivity index is 3.22. The van der Waals surface area contributed by atoms with Gasteiger partial charge in [0.1, 0.15) is 17.2 Å². The predicted molar refractivity (Wildman–Crippen MR) is 49.6 cm³/mol. The lowest BCUT2D eigenvalue weighted by Gasteiger charge is -2.03. The molecule has 0 aromatic heterocycles. The van der Waals surface area contributed by atoms with E-state index in [0.717, 1.165) is 0 Å². The molecule has 0 spiro atoms. The van der Waals surface area contributed by atoms with E-state index in [1.54, 1.807) is 6.07 Å². The lowest BCUT2D eigenvalue weighted by Crippen LogP contribution is -2.14. The minimum Gasteiger partial charge on any atom is -0.411 e.